The van der Waals surface area contributed by atoms with Gasteiger partial charge < -0.3 is 15.4 Å². The van der Waals surface area contributed by atoms with E-state index in [4.69, 9.17) is 17.0 Å². The molecule has 0 radical (unpaired) electrons. The molecule has 0 atom stereocenters. The molecule has 0 heterocycles. The predicted molar refractivity (Wildman–Crippen MR) is 97.5 cm³/mol. The van der Waals surface area contributed by atoms with E-state index in [1.54, 1.807) is 11.6 Å². The first-order valence-electron chi connectivity index (χ1n) is 7.84. The molecular weight excluding hydrogens is 292 g/mol. The average Bonchev–Trinajstić information content (AvgIpc) is 2.54. The number of anilines is 1. The van der Waals surface area contributed by atoms with E-state index in [-0.39, 0.29) is 0 Å². The number of thiocarbonyl (C=S) groups is 1. The third kappa shape index (κ3) is 5.90. The molecule has 1 aromatic rings. The van der Waals surface area contributed by atoms with E-state index in [0.29, 0.717) is 11.7 Å². The van der Waals surface area contributed by atoms with Gasteiger partial charge in [0, 0.05) is 18.3 Å². The van der Waals surface area contributed by atoms with Crippen molar-refractivity contribution in [1.29, 1.82) is 0 Å². The summed E-state index contributed by atoms with van der Waals surface area (Å²) in [4.78, 5) is 0. The van der Waals surface area contributed by atoms with E-state index < -0.39 is 0 Å². The minimum atomic E-state index is 0.501. The van der Waals surface area contributed by atoms with Crippen LogP contribution >= 0.6 is 12.2 Å². The van der Waals surface area contributed by atoms with Crippen LogP contribution < -0.4 is 15.4 Å². The van der Waals surface area contributed by atoms with Gasteiger partial charge in [-0.25, -0.2) is 0 Å². The molecule has 22 heavy (non-hydrogen) atoms. The summed E-state index contributed by atoms with van der Waals surface area (Å²) >= 11 is 5.33. The third-order valence-electron chi connectivity index (χ3n) is 3.58. The lowest BCUT2D eigenvalue weighted by Gasteiger charge is -2.15. The number of ether oxygens (including phenoxy) is 1. The molecule has 4 heteroatoms. The predicted octanol–water partition coefficient (Wildman–Crippen LogP) is 4.43. The lowest BCUT2D eigenvalue weighted by molar-refractivity contribution is 0.363. The lowest BCUT2D eigenvalue weighted by Crippen LogP contribution is -2.29. The van der Waals surface area contributed by atoms with Crippen LogP contribution in [0.2, 0.25) is 0 Å². The van der Waals surface area contributed by atoms with Gasteiger partial charge in [-0.05, 0) is 56.5 Å². The van der Waals surface area contributed by atoms with Gasteiger partial charge in [-0.2, -0.15) is 0 Å². The maximum Gasteiger partial charge on any atom is 0.170 e. The lowest BCUT2D eigenvalue weighted by atomic mass is 9.97. The second-order valence-electron chi connectivity index (χ2n) is 5.37. The van der Waals surface area contributed by atoms with Gasteiger partial charge in [-0.15, -0.1) is 0 Å². The Balaban J connectivity index is 1.74. The van der Waals surface area contributed by atoms with Crippen LogP contribution in [0.5, 0.6) is 5.75 Å². The van der Waals surface area contributed by atoms with Crippen molar-refractivity contribution in [3.8, 4) is 5.75 Å². The van der Waals surface area contributed by atoms with Gasteiger partial charge in [0.1, 0.15) is 12.4 Å². The fourth-order valence-electron chi connectivity index (χ4n) is 2.46. The van der Waals surface area contributed by atoms with Crippen molar-refractivity contribution in [3.63, 3.8) is 0 Å². The minimum absolute atomic E-state index is 0.501. The maximum atomic E-state index is 5.51. The summed E-state index contributed by atoms with van der Waals surface area (Å²) in [5, 5.41) is 7.11. The Morgan fingerprint density at radius 1 is 1.36 bits per heavy atom. The van der Waals surface area contributed by atoms with Crippen molar-refractivity contribution < 1.29 is 4.74 Å². The molecule has 0 unspecified atom stereocenters. The Hall–Kier alpha value is -1.81. The molecule has 0 fully saturated rings. The first kappa shape index (κ1) is 16.6. The molecule has 0 amide bonds. The Morgan fingerprint density at radius 2 is 2.27 bits per heavy atom. The largest absolute Gasteiger partial charge is 0.489 e. The summed E-state index contributed by atoms with van der Waals surface area (Å²) in [6.07, 6.45) is 10.3. The molecule has 0 saturated heterocycles. The van der Waals surface area contributed by atoms with Gasteiger partial charge in [-0.1, -0.05) is 30.4 Å². The topological polar surface area (TPSA) is 33.3 Å². The third-order valence-corrected chi connectivity index (χ3v) is 3.82. The summed E-state index contributed by atoms with van der Waals surface area (Å²) in [5.41, 5.74) is 2.48. The van der Waals surface area contributed by atoms with Crippen molar-refractivity contribution in [1.82, 2.24) is 5.32 Å². The zero-order valence-corrected chi connectivity index (χ0v) is 13.8. The molecule has 3 nitrogen and oxygen atoms in total. The first-order chi connectivity index (χ1) is 10.8. The van der Waals surface area contributed by atoms with E-state index in [2.05, 4.69) is 23.3 Å². The van der Waals surface area contributed by atoms with Crippen molar-refractivity contribution in [2.75, 3.05) is 18.5 Å². The second kappa shape index (κ2) is 9.26. The molecule has 118 valence electrons. The highest BCUT2D eigenvalue weighted by Crippen LogP contribution is 2.19. The fourth-order valence-corrected chi connectivity index (χ4v) is 2.68. The summed E-state index contributed by atoms with van der Waals surface area (Å²) in [5.74, 6) is 0.806. The molecule has 0 saturated carbocycles. The molecule has 0 aliphatic heterocycles. The molecule has 0 aromatic heterocycles. The quantitative estimate of drug-likeness (QED) is 0.576. The fraction of sp³-hybridized carbons (Fsp3) is 0.389. The number of rotatable bonds is 7. The second-order valence-corrected chi connectivity index (χ2v) is 5.77. The monoisotopic (exact) mass is 316 g/mol. The Morgan fingerprint density at radius 3 is 3.05 bits per heavy atom. The summed E-state index contributed by atoms with van der Waals surface area (Å²) in [6, 6.07) is 7.76. The summed E-state index contributed by atoms with van der Waals surface area (Å²) in [6.45, 7) is 5.02. The van der Waals surface area contributed by atoms with Gasteiger partial charge in [0.2, 0.25) is 0 Å². The first-order valence-corrected chi connectivity index (χ1v) is 8.25. The normalized spacial score (nSPS) is 13.9. The van der Waals surface area contributed by atoms with Crippen molar-refractivity contribution in [3.05, 3.63) is 48.6 Å². The van der Waals surface area contributed by atoms with Crippen LogP contribution in [0.15, 0.2) is 48.6 Å². The van der Waals surface area contributed by atoms with Gasteiger partial charge in [0.05, 0.1) is 0 Å². The highest BCUT2D eigenvalue weighted by atomic mass is 32.1. The maximum absolute atomic E-state index is 5.51. The van der Waals surface area contributed by atoms with E-state index in [0.717, 1.165) is 24.4 Å². The van der Waals surface area contributed by atoms with Crippen LogP contribution in [0.1, 0.15) is 32.1 Å². The molecule has 2 rings (SSSR count). The number of hydrogen-bond acceptors (Lipinski definition) is 2. The number of nitrogens with one attached hydrogen (secondary N) is 2. The summed E-state index contributed by atoms with van der Waals surface area (Å²) < 4.78 is 5.51. The molecule has 1 aliphatic carbocycles. The molecule has 1 aliphatic rings. The Kier molecular flexibility index (Phi) is 6.97. The van der Waals surface area contributed by atoms with E-state index in [1.807, 2.05) is 24.3 Å². The molecular formula is C18H24N2OS. The Bertz CT molecular complexity index is 540. The van der Waals surface area contributed by atoms with E-state index in [1.165, 1.54) is 25.7 Å². The van der Waals surface area contributed by atoms with Gasteiger partial charge in [0.15, 0.2) is 5.11 Å². The highest BCUT2D eigenvalue weighted by molar-refractivity contribution is 7.80. The van der Waals surface area contributed by atoms with Crippen LogP contribution in [0, 0.1) is 0 Å². The molecule has 0 spiro atoms. The molecule has 0 bridgehead atoms. The summed E-state index contributed by atoms with van der Waals surface area (Å²) in [7, 11) is 0. The van der Waals surface area contributed by atoms with Crippen molar-refractivity contribution >= 4 is 23.0 Å². The van der Waals surface area contributed by atoms with Crippen LogP contribution in [0.4, 0.5) is 5.69 Å². The SMILES string of the molecule is C=CCOc1cccc(NC(=S)NCCC2=CCCCC2)c1. The van der Waals surface area contributed by atoms with Crippen LogP contribution in [-0.4, -0.2) is 18.3 Å². The standard InChI is InChI=1S/C18H24N2OS/c1-2-13-21-17-10-6-9-16(14-17)20-18(22)19-12-11-15-7-4-3-5-8-15/h2,6-7,9-10,14H,1,3-5,8,11-13H2,(H2,19,20,22). The van der Waals surface area contributed by atoms with E-state index in [9.17, 15) is 0 Å². The van der Waals surface area contributed by atoms with Crippen LogP contribution in [-0.2, 0) is 0 Å². The smallest absolute Gasteiger partial charge is 0.170 e. The number of benzene rings is 1. The van der Waals surface area contributed by atoms with Crippen molar-refractivity contribution in [2.45, 2.75) is 32.1 Å². The molecule has 1 aromatic carbocycles. The highest BCUT2D eigenvalue weighted by Gasteiger charge is 2.04. The Labute approximate surface area is 138 Å². The van der Waals surface area contributed by atoms with Gasteiger partial charge in [0.25, 0.3) is 0 Å². The van der Waals surface area contributed by atoms with Gasteiger partial charge >= 0.3 is 0 Å². The molecule has 2 N–H and O–H groups in total. The van der Waals surface area contributed by atoms with Crippen molar-refractivity contribution in [2.24, 2.45) is 0 Å². The average molecular weight is 316 g/mol. The van der Waals surface area contributed by atoms with Crippen LogP contribution in [0.25, 0.3) is 0 Å². The number of hydrogen-bond donors (Lipinski definition) is 2. The van der Waals surface area contributed by atoms with E-state index >= 15 is 0 Å². The minimum Gasteiger partial charge on any atom is -0.489 e. The number of allylic oxidation sites excluding steroid dienone is 1. The zero-order chi connectivity index (χ0) is 15.6. The van der Waals surface area contributed by atoms with Gasteiger partial charge in [-0.3, -0.25) is 0 Å². The van der Waals surface area contributed by atoms with Crippen LogP contribution in [0.3, 0.4) is 0 Å². The zero-order valence-electron chi connectivity index (χ0n) is 12.9.